The number of benzene rings is 3. The lowest BCUT2D eigenvalue weighted by atomic mass is 9.99. The number of fused-ring (bicyclic) bond motifs is 3. The Labute approximate surface area is 301 Å². The van der Waals surface area contributed by atoms with Gasteiger partial charge in [0.25, 0.3) is 0 Å². The van der Waals surface area contributed by atoms with Gasteiger partial charge in [0, 0.05) is 12.0 Å². The molecule has 9 heteroatoms. The van der Waals surface area contributed by atoms with E-state index in [1.807, 2.05) is 43.3 Å². The van der Waals surface area contributed by atoms with Gasteiger partial charge >= 0.3 is 17.9 Å². The van der Waals surface area contributed by atoms with E-state index in [4.69, 9.17) is 28.8 Å². The number of rotatable bonds is 22. The van der Waals surface area contributed by atoms with E-state index in [0.29, 0.717) is 44.2 Å². The summed E-state index contributed by atoms with van der Waals surface area (Å²) in [4.78, 5) is 35.8. The van der Waals surface area contributed by atoms with E-state index >= 15 is 0 Å². The van der Waals surface area contributed by atoms with E-state index < -0.39 is 24.5 Å². The first-order chi connectivity index (χ1) is 24.7. The summed E-state index contributed by atoms with van der Waals surface area (Å²) in [6.07, 6.45) is 8.97. The van der Waals surface area contributed by atoms with Gasteiger partial charge in [0.15, 0.2) is 0 Å². The minimum absolute atomic E-state index is 0.0670. The van der Waals surface area contributed by atoms with Gasteiger partial charge in [-0.1, -0.05) is 39.1 Å². The molecule has 0 aliphatic heterocycles. The minimum atomic E-state index is -0.548. The van der Waals surface area contributed by atoms with Crippen LogP contribution in [-0.2, 0) is 25.5 Å². The normalized spacial score (nSPS) is 12.7. The van der Waals surface area contributed by atoms with Crippen molar-refractivity contribution in [1.82, 2.24) is 0 Å². The van der Waals surface area contributed by atoms with Crippen LogP contribution in [0.1, 0.15) is 98.2 Å². The highest BCUT2D eigenvalue weighted by Gasteiger charge is 2.27. The summed E-state index contributed by atoms with van der Waals surface area (Å²) in [6, 6.07) is 17.4. The molecular formula is C42H50O9. The molecule has 0 spiro atoms. The fourth-order valence-corrected chi connectivity index (χ4v) is 5.95. The zero-order chi connectivity index (χ0) is 36.6. The molecule has 0 radical (unpaired) electrons. The fourth-order valence-electron chi connectivity index (χ4n) is 5.95. The van der Waals surface area contributed by atoms with E-state index in [1.165, 1.54) is 11.6 Å². The van der Waals surface area contributed by atoms with Crippen molar-refractivity contribution in [2.45, 2.75) is 77.6 Å². The summed E-state index contributed by atoms with van der Waals surface area (Å²) < 4.78 is 28.0. The summed E-state index contributed by atoms with van der Waals surface area (Å²) in [7, 11) is 0. The first-order valence-corrected chi connectivity index (χ1v) is 17.9. The molecule has 9 nitrogen and oxygen atoms in total. The fraction of sp³-hybridized carbons (Fsp3) is 0.405. The number of esters is 3. The highest BCUT2D eigenvalue weighted by atomic mass is 16.5. The molecule has 0 fully saturated rings. The summed E-state index contributed by atoms with van der Waals surface area (Å²) in [5.74, 6) is 0.841. The molecule has 1 atom stereocenters. The maximum Gasteiger partial charge on any atom is 0.343 e. The van der Waals surface area contributed by atoms with E-state index in [-0.39, 0.29) is 11.5 Å². The molecule has 1 aliphatic rings. The van der Waals surface area contributed by atoms with Crippen LogP contribution in [-0.4, -0.2) is 56.0 Å². The van der Waals surface area contributed by atoms with Gasteiger partial charge in [-0.15, -0.1) is 0 Å². The summed E-state index contributed by atoms with van der Waals surface area (Å²) >= 11 is 0. The molecule has 1 aliphatic carbocycles. The molecule has 0 heterocycles. The number of aryl methyl sites for hydroxylation is 1. The lowest BCUT2D eigenvalue weighted by Crippen LogP contribution is -2.10. The second-order valence-corrected chi connectivity index (χ2v) is 12.6. The number of aliphatic hydroxyl groups excluding tert-OH is 1. The van der Waals surface area contributed by atoms with Gasteiger partial charge in [-0.25, -0.2) is 14.4 Å². The van der Waals surface area contributed by atoms with Crippen molar-refractivity contribution in [3.05, 3.63) is 102 Å². The average Bonchev–Trinajstić information content (AvgIpc) is 3.42. The van der Waals surface area contributed by atoms with Crippen molar-refractivity contribution >= 4 is 17.9 Å². The highest BCUT2D eigenvalue weighted by molar-refractivity contribution is 5.92. The SMILES string of the molecule is C=CC(=O)OCCCCCCOc1ccc(C(=O)Oc2ccc3c(c2)C(C)c2cc(OCCCCCCOC(=O)C(=C)CO)ccc2-3)cc1CC. The van der Waals surface area contributed by atoms with Crippen molar-refractivity contribution < 1.29 is 43.2 Å². The monoisotopic (exact) mass is 698 g/mol. The van der Waals surface area contributed by atoms with Crippen LogP contribution in [0.5, 0.6) is 17.2 Å². The van der Waals surface area contributed by atoms with E-state index in [2.05, 4.69) is 32.2 Å². The molecule has 3 aromatic carbocycles. The van der Waals surface area contributed by atoms with Crippen LogP contribution in [0.15, 0.2) is 79.4 Å². The van der Waals surface area contributed by atoms with Crippen molar-refractivity contribution in [3.8, 4) is 28.4 Å². The van der Waals surface area contributed by atoms with E-state index in [9.17, 15) is 14.4 Å². The predicted octanol–water partition coefficient (Wildman–Crippen LogP) is 8.30. The standard InChI is InChI=1S/C42H50O9/c1-5-31-25-32(15-20-39(31)48-22-12-8-9-13-23-49-40(44)6-2)42(46)51-34-17-19-36-35-18-16-33(26-37(35)30(4)38(36)27-34)47-21-11-7-10-14-24-50-41(45)29(3)28-43/h6,15-20,25-27,30,43H,2-3,5,7-14,21-24,28H2,1,4H3. The third kappa shape index (κ3) is 11.3. The zero-order valence-electron chi connectivity index (χ0n) is 29.9. The Morgan fingerprint density at radius 1 is 0.745 bits per heavy atom. The first kappa shape index (κ1) is 38.9. The lowest BCUT2D eigenvalue weighted by Gasteiger charge is -2.13. The number of carbonyl (C=O) groups is 3. The number of ether oxygens (including phenoxy) is 5. The van der Waals surface area contributed by atoms with Gasteiger partial charge in [0.05, 0.1) is 44.2 Å². The third-order valence-corrected chi connectivity index (χ3v) is 8.88. The molecule has 1 unspecified atom stereocenters. The largest absolute Gasteiger partial charge is 0.494 e. The van der Waals surface area contributed by atoms with E-state index in [0.717, 1.165) is 85.1 Å². The molecule has 272 valence electrons. The Morgan fingerprint density at radius 3 is 1.96 bits per heavy atom. The van der Waals surface area contributed by atoms with Gasteiger partial charge in [0.2, 0.25) is 0 Å². The lowest BCUT2D eigenvalue weighted by molar-refractivity contribution is -0.140. The summed E-state index contributed by atoms with van der Waals surface area (Å²) in [5, 5.41) is 8.92. The van der Waals surface area contributed by atoms with Gasteiger partial charge in [-0.2, -0.15) is 0 Å². The van der Waals surface area contributed by atoms with Gasteiger partial charge in [-0.3, -0.25) is 0 Å². The molecule has 1 N–H and O–H groups in total. The highest BCUT2D eigenvalue weighted by Crippen LogP contribution is 2.47. The molecule has 0 aromatic heterocycles. The summed E-state index contributed by atoms with van der Waals surface area (Å²) in [5.41, 5.74) is 6.04. The van der Waals surface area contributed by atoms with Crippen LogP contribution in [0.2, 0.25) is 0 Å². The molecule has 0 amide bonds. The molecular weight excluding hydrogens is 648 g/mol. The van der Waals surface area contributed by atoms with Crippen molar-refractivity contribution in [2.24, 2.45) is 0 Å². The number of unbranched alkanes of at least 4 members (excludes halogenated alkanes) is 6. The Morgan fingerprint density at radius 2 is 1.33 bits per heavy atom. The molecule has 51 heavy (non-hydrogen) atoms. The molecule has 4 rings (SSSR count). The molecule has 0 saturated heterocycles. The number of hydrogen-bond donors (Lipinski definition) is 1. The Hall–Kier alpha value is -4.89. The van der Waals surface area contributed by atoms with Crippen molar-refractivity contribution in [2.75, 3.05) is 33.0 Å². The number of aliphatic hydroxyl groups is 1. The van der Waals surface area contributed by atoms with Gasteiger partial charge < -0.3 is 28.8 Å². The zero-order valence-corrected chi connectivity index (χ0v) is 29.9. The molecule has 0 bridgehead atoms. The van der Waals surface area contributed by atoms with Crippen LogP contribution >= 0.6 is 0 Å². The smallest absolute Gasteiger partial charge is 0.343 e. The van der Waals surface area contributed by atoms with Crippen molar-refractivity contribution in [3.63, 3.8) is 0 Å². The number of hydrogen-bond acceptors (Lipinski definition) is 9. The quantitative estimate of drug-likeness (QED) is 0.0479. The van der Waals surface area contributed by atoms with Gasteiger partial charge in [-0.05, 0) is 128 Å². The van der Waals surface area contributed by atoms with Crippen molar-refractivity contribution in [1.29, 1.82) is 0 Å². The maximum absolute atomic E-state index is 13.2. The van der Waals surface area contributed by atoms with Gasteiger partial charge in [0.1, 0.15) is 17.2 Å². The van der Waals surface area contributed by atoms with Crippen LogP contribution < -0.4 is 14.2 Å². The summed E-state index contributed by atoms with van der Waals surface area (Å²) in [6.45, 7) is 12.5. The third-order valence-electron chi connectivity index (χ3n) is 8.88. The maximum atomic E-state index is 13.2. The van der Waals surface area contributed by atoms with Crippen LogP contribution in [0.3, 0.4) is 0 Å². The van der Waals surface area contributed by atoms with E-state index in [1.54, 1.807) is 6.07 Å². The van der Waals surface area contributed by atoms with Crippen LogP contribution in [0, 0.1) is 0 Å². The minimum Gasteiger partial charge on any atom is -0.494 e. The Kier molecular flexibility index (Phi) is 15.3. The molecule has 0 saturated carbocycles. The topological polar surface area (TPSA) is 118 Å². The Bertz CT molecular complexity index is 1670. The first-order valence-electron chi connectivity index (χ1n) is 17.9. The Balaban J connectivity index is 1.22. The molecule has 3 aromatic rings. The average molecular weight is 699 g/mol. The second kappa shape index (κ2) is 20.1. The number of carbonyl (C=O) groups excluding carboxylic acids is 3. The predicted molar refractivity (Wildman–Crippen MR) is 196 cm³/mol. The van der Waals surface area contributed by atoms with Crippen LogP contribution in [0.25, 0.3) is 11.1 Å². The second-order valence-electron chi connectivity index (χ2n) is 12.6. The van der Waals surface area contributed by atoms with Crippen LogP contribution in [0.4, 0.5) is 0 Å².